The monoisotopic (exact) mass is 449 g/mol. The van der Waals surface area contributed by atoms with Gasteiger partial charge in [-0.05, 0) is 30.9 Å². The zero-order valence-electron chi connectivity index (χ0n) is 23.0. The lowest BCUT2D eigenvalue weighted by molar-refractivity contribution is -0.133. The van der Waals surface area contributed by atoms with Crippen molar-refractivity contribution < 1.29 is 9.59 Å². The van der Waals surface area contributed by atoms with Crippen molar-refractivity contribution in [2.45, 2.75) is 107 Å². The van der Waals surface area contributed by atoms with Gasteiger partial charge in [-0.25, -0.2) is 0 Å². The Balaban J connectivity index is 0. The molecule has 0 heterocycles. The van der Waals surface area contributed by atoms with E-state index in [0.717, 1.165) is 5.56 Å². The van der Waals surface area contributed by atoms with Gasteiger partial charge >= 0.3 is 0 Å². The van der Waals surface area contributed by atoms with Crippen LogP contribution in [0.25, 0.3) is 0 Å². The van der Waals surface area contributed by atoms with Crippen molar-refractivity contribution in [2.24, 2.45) is 11.3 Å². The van der Waals surface area contributed by atoms with E-state index in [4.69, 9.17) is 0 Å². The fourth-order valence-electron chi connectivity index (χ4n) is 3.23. The van der Waals surface area contributed by atoms with E-state index in [1.54, 1.807) is 7.05 Å². The van der Waals surface area contributed by atoms with Crippen LogP contribution in [-0.4, -0.2) is 37.0 Å². The third-order valence-electron chi connectivity index (χ3n) is 5.58. The molecule has 1 aromatic carbocycles. The van der Waals surface area contributed by atoms with E-state index >= 15 is 0 Å². The molecule has 0 fully saturated rings. The minimum atomic E-state index is -0.622. The van der Waals surface area contributed by atoms with E-state index < -0.39 is 22.9 Å². The Morgan fingerprint density at radius 1 is 0.750 bits per heavy atom. The number of hydrogen-bond donors (Lipinski definition) is 3. The first-order chi connectivity index (χ1) is 14.8. The van der Waals surface area contributed by atoms with Crippen molar-refractivity contribution in [2.75, 3.05) is 7.05 Å². The fourth-order valence-corrected chi connectivity index (χ4v) is 3.23. The third-order valence-corrected chi connectivity index (χ3v) is 5.58. The standard InChI is InChI=1S/C23H39N3O2.2C2H6/c1-15(2)16(3)25-20(27)18(22(4,5)6)26-21(28)19(24-9)23(7,8)17-13-11-10-12-14-17;2*1-2/h10-16,18-19,24H,1-9H3,(H,25,27)(H,26,28);2*1-2H3/t16-,18?,19?;;/m1../s1. The lowest BCUT2D eigenvalue weighted by Crippen LogP contribution is -2.61. The minimum Gasteiger partial charge on any atom is -0.352 e. The summed E-state index contributed by atoms with van der Waals surface area (Å²) in [5.41, 5.74) is 0.213. The first-order valence-electron chi connectivity index (χ1n) is 12.2. The van der Waals surface area contributed by atoms with Crippen LogP contribution < -0.4 is 16.0 Å². The van der Waals surface area contributed by atoms with Crippen LogP contribution in [0.4, 0.5) is 0 Å². The second kappa shape index (κ2) is 15.0. The molecule has 0 saturated carbocycles. The maximum atomic E-state index is 13.2. The number of benzene rings is 1. The molecule has 0 spiro atoms. The molecular formula is C27H51N3O2. The number of carbonyl (C=O) groups excluding carboxylic acids is 2. The molecule has 0 saturated heterocycles. The maximum absolute atomic E-state index is 13.2. The Morgan fingerprint density at radius 3 is 1.56 bits per heavy atom. The molecule has 3 N–H and O–H groups in total. The highest BCUT2D eigenvalue weighted by Gasteiger charge is 2.40. The van der Waals surface area contributed by atoms with Gasteiger partial charge in [-0.15, -0.1) is 0 Å². The molecule has 1 rings (SSSR count). The Bertz CT molecular complexity index is 649. The van der Waals surface area contributed by atoms with E-state index in [0.29, 0.717) is 5.92 Å². The Kier molecular flexibility index (Phi) is 15.2. The Morgan fingerprint density at radius 2 is 1.19 bits per heavy atom. The topological polar surface area (TPSA) is 70.2 Å². The van der Waals surface area contributed by atoms with Gasteiger partial charge < -0.3 is 16.0 Å². The number of hydrogen-bond acceptors (Lipinski definition) is 3. The molecule has 0 aliphatic carbocycles. The molecular weight excluding hydrogens is 398 g/mol. The van der Waals surface area contributed by atoms with Gasteiger partial charge in [0.05, 0.1) is 6.04 Å². The Labute approximate surface area is 198 Å². The molecule has 1 aromatic rings. The average Bonchev–Trinajstić information content (AvgIpc) is 2.74. The van der Waals surface area contributed by atoms with Crippen LogP contribution in [0.5, 0.6) is 0 Å². The highest BCUT2D eigenvalue weighted by atomic mass is 16.2. The Hall–Kier alpha value is -1.88. The molecule has 3 atom stereocenters. The van der Waals surface area contributed by atoms with Gasteiger partial charge in [0.2, 0.25) is 11.8 Å². The SMILES string of the molecule is CC.CC.CNC(C(=O)NC(C(=O)N[C@H](C)C(C)C)C(C)(C)C)C(C)(C)c1ccccc1. The lowest BCUT2D eigenvalue weighted by atomic mass is 9.76. The summed E-state index contributed by atoms with van der Waals surface area (Å²) in [6, 6.07) is 8.89. The predicted octanol–water partition coefficient (Wildman–Crippen LogP) is 5.30. The average molecular weight is 450 g/mol. The second-order valence-corrected chi connectivity index (χ2v) is 9.66. The van der Waals surface area contributed by atoms with Crippen molar-refractivity contribution in [3.05, 3.63) is 35.9 Å². The number of carbonyl (C=O) groups is 2. The fraction of sp³-hybridized carbons (Fsp3) is 0.704. The van der Waals surface area contributed by atoms with E-state index in [9.17, 15) is 9.59 Å². The van der Waals surface area contributed by atoms with Crippen molar-refractivity contribution in [3.8, 4) is 0 Å². The van der Waals surface area contributed by atoms with E-state index in [1.807, 2.05) is 99.6 Å². The van der Waals surface area contributed by atoms with Crippen molar-refractivity contribution in [1.29, 1.82) is 0 Å². The van der Waals surface area contributed by atoms with Crippen LogP contribution in [0, 0.1) is 11.3 Å². The molecule has 0 aliphatic rings. The van der Waals surface area contributed by atoms with Crippen molar-refractivity contribution in [3.63, 3.8) is 0 Å². The van der Waals surface area contributed by atoms with Gasteiger partial charge in [0.15, 0.2) is 0 Å². The van der Waals surface area contributed by atoms with Crippen LogP contribution in [0.3, 0.4) is 0 Å². The van der Waals surface area contributed by atoms with Crippen LogP contribution in [0.2, 0.25) is 0 Å². The van der Waals surface area contributed by atoms with Crippen molar-refractivity contribution in [1.82, 2.24) is 16.0 Å². The van der Waals surface area contributed by atoms with E-state index in [2.05, 4.69) is 29.8 Å². The highest BCUT2D eigenvalue weighted by Crippen LogP contribution is 2.28. The molecule has 0 aromatic heterocycles. The first kappa shape index (κ1) is 32.3. The quantitative estimate of drug-likeness (QED) is 0.504. The van der Waals surface area contributed by atoms with E-state index in [-0.39, 0.29) is 17.9 Å². The summed E-state index contributed by atoms with van der Waals surface area (Å²) in [7, 11) is 1.78. The molecule has 186 valence electrons. The summed E-state index contributed by atoms with van der Waals surface area (Å²) < 4.78 is 0. The summed E-state index contributed by atoms with van der Waals surface area (Å²) in [5, 5.41) is 9.21. The lowest BCUT2D eigenvalue weighted by Gasteiger charge is -2.37. The van der Waals surface area contributed by atoms with Crippen molar-refractivity contribution >= 4 is 11.8 Å². The smallest absolute Gasteiger partial charge is 0.243 e. The van der Waals surface area contributed by atoms with Gasteiger partial charge in [0.25, 0.3) is 0 Å². The van der Waals surface area contributed by atoms with E-state index in [1.165, 1.54) is 0 Å². The van der Waals surface area contributed by atoms with Gasteiger partial charge in [-0.3, -0.25) is 9.59 Å². The molecule has 5 nitrogen and oxygen atoms in total. The molecule has 0 bridgehead atoms. The third kappa shape index (κ3) is 9.72. The maximum Gasteiger partial charge on any atom is 0.243 e. The van der Waals surface area contributed by atoms with Gasteiger partial charge in [-0.1, -0.05) is 106 Å². The largest absolute Gasteiger partial charge is 0.352 e. The summed E-state index contributed by atoms with van der Waals surface area (Å²) in [6.45, 7) is 24.1. The molecule has 2 unspecified atom stereocenters. The normalized spacial score (nSPS) is 14.1. The summed E-state index contributed by atoms with van der Waals surface area (Å²) in [6.07, 6.45) is 0. The molecule has 0 aliphatic heterocycles. The minimum absolute atomic E-state index is 0.0371. The first-order valence-corrected chi connectivity index (χ1v) is 12.2. The molecule has 0 radical (unpaired) electrons. The summed E-state index contributed by atoms with van der Waals surface area (Å²) in [4.78, 5) is 26.1. The number of rotatable bonds is 8. The molecule has 2 amide bonds. The zero-order valence-corrected chi connectivity index (χ0v) is 23.0. The van der Waals surface area contributed by atoms with Crippen LogP contribution in [0.1, 0.15) is 88.6 Å². The number of amides is 2. The second-order valence-electron chi connectivity index (χ2n) is 9.66. The van der Waals surface area contributed by atoms with Gasteiger partial charge in [0.1, 0.15) is 6.04 Å². The molecule has 32 heavy (non-hydrogen) atoms. The number of likely N-dealkylation sites (N-methyl/N-ethyl adjacent to an activating group) is 1. The zero-order chi connectivity index (χ0) is 25.7. The summed E-state index contributed by atoms with van der Waals surface area (Å²) >= 11 is 0. The predicted molar refractivity (Wildman–Crippen MR) is 139 cm³/mol. The van der Waals surface area contributed by atoms with Crippen LogP contribution in [0.15, 0.2) is 30.3 Å². The summed E-state index contributed by atoms with van der Waals surface area (Å²) in [5.74, 6) is 0.000360. The molecule has 5 heteroatoms. The van der Waals surface area contributed by atoms with Gasteiger partial charge in [0, 0.05) is 11.5 Å². The van der Waals surface area contributed by atoms with Crippen LogP contribution >= 0.6 is 0 Å². The van der Waals surface area contributed by atoms with Crippen LogP contribution in [-0.2, 0) is 15.0 Å². The van der Waals surface area contributed by atoms with Gasteiger partial charge in [-0.2, -0.15) is 0 Å². The number of nitrogens with one attached hydrogen (secondary N) is 3. The highest BCUT2D eigenvalue weighted by molar-refractivity contribution is 5.91.